The van der Waals surface area contributed by atoms with Crippen molar-refractivity contribution in [3.05, 3.63) is 0 Å². The number of rotatable bonds is 12. The molecular formula is C16H24F10O2S. The van der Waals surface area contributed by atoms with Crippen LogP contribution in [0.5, 0.6) is 0 Å². The van der Waals surface area contributed by atoms with Gasteiger partial charge in [-0.25, -0.2) is 8.42 Å². The standard InChI is InChI=1S/C16H24F10O2S/c1-3-5-11(7-9-13(17,18)15(21,22)23)29(27,28)12(6-4-2)8-10-14(19,20)16(24,25)26/h11-12H,3-10H2,1-2H3. The SMILES string of the molecule is CCCC(CCC(F)(F)C(F)(F)F)S(=O)(=O)C(CCC)CCC(F)(F)C(F)(F)F. The number of alkyl halides is 10. The van der Waals surface area contributed by atoms with Crippen molar-refractivity contribution in [3.8, 4) is 0 Å². The maximum absolute atomic E-state index is 13.2. The molecular weight excluding hydrogens is 446 g/mol. The van der Waals surface area contributed by atoms with Crippen molar-refractivity contribution in [2.75, 3.05) is 0 Å². The van der Waals surface area contributed by atoms with E-state index in [1.165, 1.54) is 13.8 Å². The Morgan fingerprint density at radius 3 is 1.07 bits per heavy atom. The van der Waals surface area contributed by atoms with Crippen molar-refractivity contribution in [3.63, 3.8) is 0 Å². The molecule has 0 spiro atoms. The average molecular weight is 470 g/mol. The first-order valence-electron chi connectivity index (χ1n) is 8.95. The summed E-state index contributed by atoms with van der Waals surface area (Å²) < 4.78 is 152. The smallest absolute Gasteiger partial charge is 0.228 e. The molecule has 0 aromatic rings. The summed E-state index contributed by atoms with van der Waals surface area (Å²) in [6.07, 6.45) is -18.0. The highest BCUT2D eigenvalue weighted by molar-refractivity contribution is 7.92. The monoisotopic (exact) mass is 470 g/mol. The van der Waals surface area contributed by atoms with E-state index in [9.17, 15) is 52.3 Å². The van der Waals surface area contributed by atoms with Gasteiger partial charge in [-0.3, -0.25) is 0 Å². The van der Waals surface area contributed by atoms with Crippen LogP contribution in [0.1, 0.15) is 65.2 Å². The summed E-state index contributed by atoms with van der Waals surface area (Å²) in [6, 6.07) is 0. The largest absolute Gasteiger partial charge is 0.453 e. The Balaban J connectivity index is 5.55. The van der Waals surface area contributed by atoms with Crippen LogP contribution in [-0.4, -0.2) is 43.1 Å². The highest BCUT2D eigenvalue weighted by atomic mass is 32.2. The molecule has 0 saturated carbocycles. The maximum atomic E-state index is 13.2. The Morgan fingerprint density at radius 2 is 0.862 bits per heavy atom. The van der Waals surface area contributed by atoms with Crippen LogP contribution >= 0.6 is 0 Å². The number of hydrogen-bond donors (Lipinski definition) is 0. The van der Waals surface area contributed by atoms with Gasteiger partial charge in [0.05, 0.1) is 10.5 Å². The van der Waals surface area contributed by atoms with Gasteiger partial charge in [-0.2, -0.15) is 43.9 Å². The Labute approximate surface area is 162 Å². The zero-order valence-corrected chi connectivity index (χ0v) is 16.6. The molecule has 0 aliphatic heterocycles. The quantitative estimate of drug-likeness (QED) is 0.298. The third kappa shape index (κ3) is 7.78. The van der Waals surface area contributed by atoms with Crippen molar-refractivity contribution < 1.29 is 52.3 Å². The number of sulfone groups is 1. The fourth-order valence-electron chi connectivity index (χ4n) is 2.83. The summed E-state index contributed by atoms with van der Waals surface area (Å²) in [5.74, 6) is -10.3. The highest BCUT2D eigenvalue weighted by Crippen LogP contribution is 2.42. The number of halogens is 10. The summed E-state index contributed by atoms with van der Waals surface area (Å²) in [5, 5.41) is -3.39. The topological polar surface area (TPSA) is 34.1 Å². The lowest BCUT2D eigenvalue weighted by atomic mass is 10.1. The molecule has 0 bridgehead atoms. The minimum absolute atomic E-state index is 0.0824. The Hall–Kier alpha value is -0.750. The van der Waals surface area contributed by atoms with Gasteiger partial charge in [0.25, 0.3) is 0 Å². The van der Waals surface area contributed by atoms with E-state index in [0.29, 0.717) is 0 Å². The second-order valence-corrected chi connectivity index (χ2v) is 9.40. The van der Waals surface area contributed by atoms with Crippen LogP contribution in [0.15, 0.2) is 0 Å². The molecule has 2 unspecified atom stereocenters. The summed E-state index contributed by atoms with van der Waals surface area (Å²) in [6.45, 7) is 2.88. The van der Waals surface area contributed by atoms with Crippen molar-refractivity contribution in [2.45, 2.75) is 99.9 Å². The third-order valence-electron chi connectivity index (χ3n) is 4.54. The van der Waals surface area contributed by atoms with Crippen LogP contribution < -0.4 is 0 Å². The molecule has 0 amide bonds. The Bertz CT molecular complexity index is 550. The fourth-order valence-corrected chi connectivity index (χ4v) is 5.40. The lowest BCUT2D eigenvalue weighted by Crippen LogP contribution is -2.40. The van der Waals surface area contributed by atoms with Crippen LogP contribution in [-0.2, 0) is 9.84 Å². The van der Waals surface area contributed by atoms with E-state index in [-0.39, 0.29) is 25.7 Å². The zero-order chi connectivity index (χ0) is 23.3. The lowest BCUT2D eigenvalue weighted by molar-refractivity contribution is -0.284. The van der Waals surface area contributed by atoms with Crippen LogP contribution in [0.2, 0.25) is 0 Å². The predicted octanol–water partition coefficient (Wildman–Crippen LogP) is 6.69. The van der Waals surface area contributed by atoms with Crippen LogP contribution in [0, 0.1) is 0 Å². The molecule has 29 heavy (non-hydrogen) atoms. The zero-order valence-electron chi connectivity index (χ0n) is 15.8. The molecule has 2 atom stereocenters. The Kier molecular flexibility index (Phi) is 9.78. The third-order valence-corrected chi connectivity index (χ3v) is 7.34. The van der Waals surface area contributed by atoms with Gasteiger partial charge in [0.2, 0.25) is 0 Å². The number of hydrogen-bond acceptors (Lipinski definition) is 2. The molecule has 0 heterocycles. The van der Waals surface area contributed by atoms with Crippen LogP contribution in [0.25, 0.3) is 0 Å². The van der Waals surface area contributed by atoms with E-state index in [1.807, 2.05) is 0 Å². The highest BCUT2D eigenvalue weighted by Gasteiger charge is 2.58. The summed E-state index contributed by atoms with van der Waals surface area (Å²) in [4.78, 5) is 0. The molecule has 0 saturated heterocycles. The molecule has 0 aromatic carbocycles. The van der Waals surface area contributed by atoms with E-state index in [0.717, 1.165) is 0 Å². The minimum Gasteiger partial charge on any atom is -0.228 e. The van der Waals surface area contributed by atoms with Gasteiger partial charge in [-0.05, 0) is 25.7 Å². The minimum atomic E-state index is -5.88. The van der Waals surface area contributed by atoms with Gasteiger partial charge < -0.3 is 0 Å². The first-order chi connectivity index (χ1) is 12.8. The fraction of sp³-hybridized carbons (Fsp3) is 1.00. The van der Waals surface area contributed by atoms with E-state index in [2.05, 4.69) is 0 Å². The van der Waals surface area contributed by atoms with Gasteiger partial charge in [0.1, 0.15) is 0 Å². The first kappa shape index (κ1) is 28.2. The van der Waals surface area contributed by atoms with Crippen molar-refractivity contribution in [2.24, 2.45) is 0 Å². The molecule has 0 radical (unpaired) electrons. The van der Waals surface area contributed by atoms with Crippen LogP contribution in [0.3, 0.4) is 0 Å². The van der Waals surface area contributed by atoms with Gasteiger partial charge >= 0.3 is 24.2 Å². The van der Waals surface area contributed by atoms with Gasteiger partial charge in [0, 0.05) is 12.8 Å². The summed E-state index contributed by atoms with van der Waals surface area (Å²) in [7, 11) is -4.52. The van der Waals surface area contributed by atoms with Gasteiger partial charge in [-0.1, -0.05) is 26.7 Å². The van der Waals surface area contributed by atoms with E-state index in [1.54, 1.807) is 0 Å². The second kappa shape index (κ2) is 10.0. The van der Waals surface area contributed by atoms with Crippen molar-refractivity contribution in [1.82, 2.24) is 0 Å². The molecule has 176 valence electrons. The average Bonchev–Trinajstić information content (AvgIpc) is 2.52. The van der Waals surface area contributed by atoms with Crippen LogP contribution in [0.4, 0.5) is 43.9 Å². The molecule has 2 nitrogen and oxygen atoms in total. The second-order valence-electron chi connectivity index (χ2n) is 6.89. The van der Waals surface area contributed by atoms with E-state index < -0.39 is 70.2 Å². The molecule has 0 rings (SSSR count). The molecule has 0 aliphatic rings. The lowest BCUT2D eigenvalue weighted by Gasteiger charge is -2.28. The molecule has 13 heteroatoms. The predicted molar refractivity (Wildman–Crippen MR) is 86.8 cm³/mol. The molecule has 0 fully saturated rings. The normalized spacial score (nSPS) is 16.7. The summed E-state index contributed by atoms with van der Waals surface area (Å²) >= 11 is 0. The van der Waals surface area contributed by atoms with Crippen molar-refractivity contribution >= 4 is 9.84 Å². The Morgan fingerprint density at radius 1 is 0.586 bits per heavy atom. The first-order valence-corrected chi connectivity index (χ1v) is 10.6. The van der Waals surface area contributed by atoms with E-state index in [4.69, 9.17) is 0 Å². The molecule has 0 aliphatic carbocycles. The molecule has 0 N–H and O–H groups in total. The summed E-state index contributed by atoms with van der Waals surface area (Å²) in [5.41, 5.74) is 0. The van der Waals surface area contributed by atoms with E-state index >= 15 is 0 Å². The molecule has 0 aromatic heterocycles. The van der Waals surface area contributed by atoms with Gasteiger partial charge in [-0.15, -0.1) is 0 Å². The van der Waals surface area contributed by atoms with Gasteiger partial charge in [0.15, 0.2) is 9.84 Å². The maximum Gasteiger partial charge on any atom is 0.453 e. The van der Waals surface area contributed by atoms with Crippen molar-refractivity contribution in [1.29, 1.82) is 0 Å².